The summed E-state index contributed by atoms with van der Waals surface area (Å²) in [5, 5.41) is 1.79. The smallest absolute Gasteiger partial charge is 0.225 e. The zero-order valence-corrected chi connectivity index (χ0v) is 7.69. The first-order valence-corrected chi connectivity index (χ1v) is 5.06. The Hall–Kier alpha value is -0.500. The van der Waals surface area contributed by atoms with Crippen molar-refractivity contribution in [2.24, 2.45) is 0 Å². The van der Waals surface area contributed by atoms with Crippen molar-refractivity contribution in [1.29, 1.82) is 0 Å². The van der Waals surface area contributed by atoms with Gasteiger partial charge in [0.1, 0.15) is 6.61 Å². The average molecular weight is 207 g/mol. The summed E-state index contributed by atoms with van der Waals surface area (Å²) in [7, 11) is 0. The number of ether oxygens (including phenoxy) is 1. The lowest BCUT2D eigenvalue weighted by Crippen LogP contribution is -2.22. The predicted molar refractivity (Wildman–Crippen MR) is 44.5 cm³/mol. The van der Waals surface area contributed by atoms with Gasteiger partial charge in [0.25, 0.3) is 0 Å². The van der Waals surface area contributed by atoms with E-state index >= 15 is 0 Å². The topological polar surface area (TPSA) is 74.3 Å². The lowest BCUT2D eigenvalue weighted by Gasteiger charge is -2.06. The van der Waals surface area contributed by atoms with Gasteiger partial charge in [-0.15, -0.1) is 0 Å². The standard InChI is InChI=1S/C5H8N2O3S2/c8-12(9)6-2-3-10-5-1-4-11-7-5/h1,4,6H,2-3H2,(H,8,9)/p-1. The van der Waals surface area contributed by atoms with E-state index < -0.39 is 11.3 Å². The first-order valence-electron chi connectivity index (χ1n) is 3.15. The van der Waals surface area contributed by atoms with Gasteiger partial charge in [0, 0.05) is 29.3 Å². The number of hydrogen-bond donors (Lipinski definition) is 1. The van der Waals surface area contributed by atoms with Gasteiger partial charge in [0.05, 0.1) is 0 Å². The van der Waals surface area contributed by atoms with Crippen molar-refractivity contribution in [2.45, 2.75) is 0 Å². The number of aromatic nitrogens is 1. The fourth-order valence-corrected chi connectivity index (χ4v) is 1.26. The largest absolute Gasteiger partial charge is 0.760 e. The van der Waals surface area contributed by atoms with E-state index in [4.69, 9.17) is 4.74 Å². The third-order valence-corrected chi connectivity index (χ3v) is 1.97. The fraction of sp³-hybridized carbons (Fsp3) is 0.400. The summed E-state index contributed by atoms with van der Waals surface area (Å²) in [6, 6.07) is 1.72. The second-order valence-corrected chi connectivity index (χ2v) is 3.24. The monoisotopic (exact) mass is 207 g/mol. The Kier molecular flexibility index (Phi) is 4.15. The van der Waals surface area contributed by atoms with Crippen LogP contribution in [0.4, 0.5) is 0 Å². The van der Waals surface area contributed by atoms with E-state index in [1.165, 1.54) is 11.5 Å². The van der Waals surface area contributed by atoms with E-state index in [0.717, 1.165) is 0 Å². The summed E-state index contributed by atoms with van der Waals surface area (Å²) in [5.41, 5.74) is 0. The summed E-state index contributed by atoms with van der Waals surface area (Å²) in [4.78, 5) is 0. The molecule has 0 saturated heterocycles. The minimum atomic E-state index is -2.21. The highest BCUT2D eigenvalue weighted by Gasteiger charge is 1.93. The molecule has 0 spiro atoms. The fourth-order valence-electron chi connectivity index (χ4n) is 0.557. The van der Waals surface area contributed by atoms with E-state index in [1.54, 1.807) is 11.4 Å². The third kappa shape index (κ3) is 3.77. The predicted octanol–water partition coefficient (Wildman–Crippen LogP) is -0.0944. The Morgan fingerprint density at radius 1 is 1.83 bits per heavy atom. The van der Waals surface area contributed by atoms with Crippen LogP contribution in [0.2, 0.25) is 0 Å². The van der Waals surface area contributed by atoms with Crippen LogP contribution >= 0.6 is 11.5 Å². The molecule has 1 aromatic rings. The summed E-state index contributed by atoms with van der Waals surface area (Å²) in [6.45, 7) is 0.547. The highest BCUT2D eigenvalue weighted by Crippen LogP contribution is 2.07. The number of nitrogens with zero attached hydrogens (tertiary/aromatic N) is 1. The van der Waals surface area contributed by atoms with Crippen LogP contribution in [-0.2, 0) is 11.3 Å². The second-order valence-electron chi connectivity index (χ2n) is 1.82. The Labute approximate surface area is 76.3 Å². The molecule has 0 aliphatic heterocycles. The molecule has 1 N–H and O–H groups in total. The molecule has 1 aromatic heterocycles. The van der Waals surface area contributed by atoms with Gasteiger partial charge < -0.3 is 9.29 Å². The van der Waals surface area contributed by atoms with Crippen molar-refractivity contribution >= 4 is 22.8 Å². The minimum absolute atomic E-state index is 0.258. The van der Waals surface area contributed by atoms with Gasteiger partial charge in [-0.05, 0) is 11.5 Å². The van der Waals surface area contributed by atoms with Crippen molar-refractivity contribution in [3.8, 4) is 5.88 Å². The van der Waals surface area contributed by atoms with Gasteiger partial charge in [-0.1, -0.05) is 0 Å². The van der Waals surface area contributed by atoms with Crippen LogP contribution in [0.15, 0.2) is 11.4 Å². The zero-order valence-electron chi connectivity index (χ0n) is 6.06. The summed E-state index contributed by atoms with van der Waals surface area (Å²) in [6.07, 6.45) is 0. The van der Waals surface area contributed by atoms with Crippen molar-refractivity contribution in [3.63, 3.8) is 0 Å². The Bertz CT molecular complexity index is 239. The molecular weight excluding hydrogens is 200 g/mol. The van der Waals surface area contributed by atoms with Gasteiger partial charge in [-0.25, -0.2) is 4.72 Å². The first kappa shape index (κ1) is 9.59. The highest BCUT2D eigenvalue weighted by molar-refractivity contribution is 7.77. The number of hydrogen-bond acceptors (Lipinski definition) is 5. The molecule has 12 heavy (non-hydrogen) atoms. The lowest BCUT2D eigenvalue weighted by atomic mass is 10.7. The van der Waals surface area contributed by atoms with Crippen LogP contribution in [0, 0.1) is 0 Å². The van der Waals surface area contributed by atoms with Crippen LogP contribution in [0.25, 0.3) is 0 Å². The summed E-state index contributed by atoms with van der Waals surface area (Å²) < 4.78 is 31.1. The van der Waals surface area contributed by atoms with E-state index in [-0.39, 0.29) is 13.2 Å². The summed E-state index contributed by atoms with van der Waals surface area (Å²) >= 11 is -0.925. The van der Waals surface area contributed by atoms with Crippen LogP contribution in [0.1, 0.15) is 0 Å². The molecule has 0 aliphatic rings. The molecule has 0 amide bonds. The molecule has 0 aromatic carbocycles. The number of nitrogens with one attached hydrogen (secondary N) is 1. The average Bonchev–Trinajstić information content (AvgIpc) is 2.49. The molecule has 1 heterocycles. The molecule has 0 fully saturated rings. The van der Waals surface area contributed by atoms with Crippen LogP contribution in [0.3, 0.4) is 0 Å². The maximum atomic E-state index is 9.98. The lowest BCUT2D eigenvalue weighted by molar-refractivity contribution is 0.313. The highest BCUT2D eigenvalue weighted by atomic mass is 32.2. The van der Waals surface area contributed by atoms with Gasteiger partial charge in [0.2, 0.25) is 5.88 Å². The van der Waals surface area contributed by atoms with E-state index in [2.05, 4.69) is 9.10 Å². The SMILES string of the molecule is O=S([O-])NCCOc1ccsn1. The molecule has 0 radical (unpaired) electrons. The van der Waals surface area contributed by atoms with Gasteiger partial charge in [-0.2, -0.15) is 4.37 Å². The maximum absolute atomic E-state index is 9.98. The zero-order chi connectivity index (χ0) is 8.81. The minimum Gasteiger partial charge on any atom is -0.760 e. The summed E-state index contributed by atoms with van der Waals surface area (Å²) in [5.74, 6) is 0.526. The molecule has 0 aliphatic carbocycles. The van der Waals surface area contributed by atoms with Gasteiger partial charge in [-0.3, -0.25) is 4.21 Å². The molecule has 68 valence electrons. The molecule has 0 saturated carbocycles. The first-order chi connectivity index (χ1) is 5.79. The van der Waals surface area contributed by atoms with Crippen molar-refractivity contribution in [3.05, 3.63) is 11.4 Å². The van der Waals surface area contributed by atoms with Crippen molar-refractivity contribution in [2.75, 3.05) is 13.2 Å². The molecule has 0 bridgehead atoms. The third-order valence-electron chi connectivity index (χ3n) is 0.986. The van der Waals surface area contributed by atoms with Crippen LogP contribution < -0.4 is 9.46 Å². The Morgan fingerprint density at radius 2 is 2.67 bits per heavy atom. The molecule has 7 heteroatoms. The number of rotatable bonds is 5. The van der Waals surface area contributed by atoms with E-state index in [1.807, 2.05) is 0 Å². The van der Waals surface area contributed by atoms with Crippen molar-refractivity contribution < 1.29 is 13.5 Å². The van der Waals surface area contributed by atoms with Crippen molar-refractivity contribution in [1.82, 2.24) is 9.10 Å². The quantitative estimate of drug-likeness (QED) is 0.540. The normalized spacial score (nSPS) is 12.8. The molecule has 1 atom stereocenters. The molecule has 1 rings (SSSR count). The van der Waals surface area contributed by atoms with Gasteiger partial charge >= 0.3 is 0 Å². The van der Waals surface area contributed by atoms with Gasteiger partial charge in [0.15, 0.2) is 0 Å². The second kappa shape index (κ2) is 5.20. The van der Waals surface area contributed by atoms with Crippen LogP contribution in [0.5, 0.6) is 5.88 Å². The van der Waals surface area contributed by atoms with E-state index in [0.29, 0.717) is 5.88 Å². The Balaban J connectivity index is 2.07. The Morgan fingerprint density at radius 3 is 3.25 bits per heavy atom. The molecule has 5 nitrogen and oxygen atoms in total. The maximum Gasteiger partial charge on any atom is 0.225 e. The van der Waals surface area contributed by atoms with E-state index in [9.17, 15) is 8.76 Å². The van der Waals surface area contributed by atoms with Crippen LogP contribution in [-0.4, -0.2) is 26.3 Å². The molecule has 1 unspecified atom stereocenters. The molecular formula is C5H7N2O3S2-.